The summed E-state index contributed by atoms with van der Waals surface area (Å²) in [4.78, 5) is 24.9. The average molecular weight is 437 g/mol. The highest BCUT2D eigenvalue weighted by atomic mass is 32.2. The van der Waals surface area contributed by atoms with Gasteiger partial charge in [-0.2, -0.15) is 0 Å². The van der Waals surface area contributed by atoms with Crippen molar-refractivity contribution < 1.29 is 18.1 Å². The van der Waals surface area contributed by atoms with Crippen LogP contribution in [-0.2, 0) is 16.4 Å². The lowest BCUT2D eigenvalue weighted by molar-refractivity contribution is -0.384. The summed E-state index contributed by atoms with van der Waals surface area (Å²) in [6.07, 6.45) is 0.535. The fourth-order valence-electron chi connectivity index (χ4n) is 3.51. The van der Waals surface area contributed by atoms with Crippen LogP contribution in [0.1, 0.15) is 21.5 Å². The van der Waals surface area contributed by atoms with E-state index in [2.05, 4.69) is 4.72 Å². The first kappa shape index (κ1) is 20.5. The first-order valence-electron chi connectivity index (χ1n) is 9.53. The van der Waals surface area contributed by atoms with E-state index in [0.717, 1.165) is 17.2 Å². The SMILES string of the molecule is Cc1ccc(C(=O)N2CCc3cc(S(=O)(=O)Nc4cccc([N+](=O)[O-])c4)ccc32)cc1. The number of benzene rings is 3. The predicted molar refractivity (Wildman–Crippen MR) is 117 cm³/mol. The molecule has 1 heterocycles. The molecule has 9 heteroatoms. The molecule has 0 atom stereocenters. The van der Waals surface area contributed by atoms with E-state index in [9.17, 15) is 23.3 Å². The lowest BCUT2D eigenvalue weighted by atomic mass is 10.1. The largest absolute Gasteiger partial charge is 0.308 e. The zero-order valence-electron chi connectivity index (χ0n) is 16.6. The third-order valence-electron chi connectivity index (χ3n) is 5.11. The van der Waals surface area contributed by atoms with Gasteiger partial charge in [0.2, 0.25) is 0 Å². The van der Waals surface area contributed by atoms with Crippen molar-refractivity contribution >= 4 is 33.0 Å². The number of nitrogens with one attached hydrogen (secondary N) is 1. The number of aryl methyl sites for hydroxylation is 1. The Morgan fingerprint density at radius 3 is 2.52 bits per heavy atom. The van der Waals surface area contributed by atoms with Gasteiger partial charge in [0, 0.05) is 29.9 Å². The number of amides is 1. The van der Waals surface area contributed by atoms with E-state index >= 15 is 0 Å². The number of fused-ring (bicyclic) bond motifs is 1. The molecule has 1 aliphatic heterocycles. The molecule has 0 radical (unpaired) electrons. The molecule has 0 aliphatic carbocycles. The van der Waals surface area contributed by atoms with Gasteiger partial charge in [-0.15, -0.1) is 0 Å². The number of non-ortho nitro benzene ring substituents is 1. The summed E-state index contributed by atoms with van der Waals surface area (Å²) in [7, 11) is -3.95. The Morgan fingerprint density at radius 2 is 1.81 bits per heavy atom. The molecule has 1 amide bonds. The standard InChI is InChI=1S/C22H19N3O5S/c1-15-5-7-16(8-6-15)22(26)24-12-11-17-13-20(9-10-21(17)24)31(29,30)23-18-3-2-4-19(14-18)25(27)28/h2-10,13-14,23H,11-12H2,1H3. The summed E-state index contributed by atoms with van der Waals surface area (Å²) in [5.41, 5.74) is 2.96. The maximum atomic E-state index is 12.9. The summed E-state index contributed by atoms with van der Waals surface area (Å²) in [6, 6.07) is 17.2. The Balaban J connectivity index is 1.58. The van der Waals surface area contributed by atoms with Crippen LogP contribution in [0.25, 0.3) is 0 Å². The Bertz CT molecular complexity index is 1290. The van der Waals surface area contributed by atoms with Crippen LogP contribution in [0.15, 0.2) is 71.6 Å². The number of nitro benzene ring substituents is 1. The second kappa shape index (κ2) is 7.84. The average Bonchev–Trinajstić information content (AvgIpc) is 3.17. The van der Waals surface area contributed by atoms with Crippen molar-refractivity contribution in [2.75, 3.05) is 16.2 Å². The van der Waals surface area contributed by atoms with Crippen molar-refractivity contribution in [2.24, 2.45) is 0 Å². The quantitative estimate of drug-likeness (QED) is 0.481. The lowest BCUT2D eigenvalue weighted by Gasteiger charge is -2.18. The molecule has 1 N–H and O–H groups in total. The molecule has 0 aromatic heterocycles. The molecule has 0 bridgehead atoms. The fourth-order valence-corrected chi connectivity index (χ4v) is 4.60. The van der Waals surface area contributed by atoms with Crippen LogP contribution in [0.2, 0.25) is 0 Å². The minimum atomic E-state index is -3.95. The van der Waals surface area contributed by atoms with Crippen LogP contribution in [0, 0.1) is 17.0 Å². The highest BCUT2D eigenvalue weighted by molar-refractivity contribution is 7.92. The van der Waals surface area contributed by atoms with Gasteiger partial charge in [0.25, 0.3) is 21.6 Å². The van der Waals surface area contributed by atoms with E-state index in [0.29, 0.717) is 24.2 Å². The number of anilines is 2. The van der Waals surface area contributed by atoms with E-state index in [4.69, 9.17) is 0 Å². The Morgan fingerprint density at radius 1 is 1.06 bits per heavy atom. The van der Waals surface area contributed by atoms with E-state index in [-0.39, 0.29) is 22.2 Å². The summed E-state index contributed by atoms with van der Waals surface area (Å²) in [5, 5.41) is 10.9. The zero-order chi connectivity index (χ0) is 22.2. The first-order chi connectivity index (χ1) is 14.7. The summed E-state index contributed by atoms with van der Waals surface area (Å²) < 4.78 is 28.0. The molecule has 1 aliphatic rings. The molecule has 0 spiro atoms. The van der Waals surface area contributed by atoms with Crippen LogP contribution in [0.4, 0.5) is 17.1 Å². The minimum absolute atomic E-state index is 0.0300. The molecule has 158 valence electrons. The minimum Gasteiger partial charge on any atom is -0.308 e. The lowest BCUT2D eigenvalue weighted by Crippen LogP contribution is -2.28. The number of hydrogen-bond donors (Lipinski definition) is 1. The summed E-state index contributed by atoms with van der Waals surface area (Å²) >= 11 is 0. The molecule has 31 heavy (non-hydrogen) atoms. The second-order valence-electron chi connectivity index (χ2n) is 7.28. The van der Waals surface area contributed by atoms with Crippen LogP contribution in [0.3, 0.4) is 0 Å². The van der Waals surface area contributed by atoms with Gasteiger partial charge in [0.05, 0.1) is 15.5 Å². The molecule has 8 nitrogen and oxygen atoms in total. The predicted octanol–water partition coefficient (Wildman–Crippen LogP) is 3.91. The highest BCUT2D eigenvalue weighted by Gasteiger charge is 2.27. The van der Waals surface area contributed by atoms with E-state index in [1.54, 1.807) is 23.1 Å². The van der Waals surface area contributed by atoms with Crippen molar-refractivity contribution in [1.29, 1.82) is 0 Å². The third-order valence-corrected chi connectivity index (χ3v) is 6.49. The summed E-state index contributed by atoms with van der Waals surface area (Å²) in [6.45, 7) is 2.41. The molecule has 0 fully saturated rings. The van der Waals surface area contributed by atoms with Gasteiger partial charge >= 0.3 is 0 Å². The Labute approximate surface area is 179 Å². The van der Waals surface area contributed by atoms with Crippen molar-refractivity contribution in [1.82, 2.24) is 0 Å². The van der Waals surface area contributed by atoms with Gasteiger partial charge in [-0.1, -0.05) is 23.8 Å². The maximum absolute atomic E-state index is 12.9. The molecule has 0 saturated heterocycles. The normalized spacial score (nSPS) is 13.0. The van der Waals surface area contributed by atoms with Crippen molar-refractivity contribution in [3.05, 3.63) is 93.5 Å². The molecule has 3 aromatic rings. The third kappa shape index (κ3) is 4.13. The number of rotatable bonds is 5. The monoisotopic (exact) mass is 437 g/mol. The molecule has 0 saturated carbocycles. The molecule has 4 rings (SSSR count). The van der Waals surface area contributed by atoms with Gasteiger partial charge < -0.3 is 4.90 Å². The van der Waals surface area contributed by atoms with Crippen molar-refractivity contribution in [2.45, 2.75) is 18.2 Å². The van der Waals surface area contributed by atoms with Gasteiger partial charge in [-0.3, -0.25) is 19.6 Å². The molecule has 3 aromatic carbocycles. The van der Waals surface area contributed by atoms with Gasteiger partial charge in [-0.25, -0.2) is 8.42 Å². The van der Waals surface area contributed by atoms with Crippen molar-refractivity contribution in [3.63, 3.8) is 0 Å². The van der Waals surface area contributed by atoms with Gasteiger partial charge in [0.1, 0.15) is 0 Å². The summed E-state index contributed by atoms with van der Waals surface area (Å²) in [5.74, 6) is -0.135. The fraction of sp³-hybridized carbons (Fsp3) is 0.136. The first-order valence-corrected chi connectivity index (χ1v) is 11.0. The number of carbonyl (C=O) groups is 1. The number of hydrogen-bond acceptors (Lipinski definition) is 5. The highest BCUT2D eigenvalue weighted by Crippen LogP contribution is 2.32. The van der Waals surface area contributed by atoms with Crippen LogP contribution in [0.5, 0.6) is 0 Å². The second-order valence-corrected chi connectivity index (χ2v) is 8.96. The maximum Gasteiger partial charge on any atom is 0.271 e. The molecular weight excluding hydrogens is 418 g/mol. The van der Waals surface area contributed by atoms with E-state index < -0.39 is 14.9 Å². The number of nitro groups is 1. The molecule has 0 unspecified atom stereocenters. The van der Waals surface area contributed by atoms with Crippen LogP contribution < -0.4 is 9.62 Å². The van der Waals surface area contributed by atoms with Crippen LogP contribution >= 0.6 is 0 Å². The topological polar surface area (TPSA) is 110 Å². The Hall–Kier alpha value is -3.72. The van der Waals surface area contributed by atoms with Gasteiger partial charge in [-0.05, 0) is 55.3 Å². The van der Waals surface area contributed by atoms with Crippen LogP contribution in [-0.4, -0.2) is 25.8 Å². The Kier molecular flexibility index (Phi) is 5.20. The molecular formula is C22H19N3O5S. The van der Waals surface area contributed by atoms with E-state index in [1.807, 2.05) is 19.1 Å². The number of sulfonamides is 1. The zero-order valence-corrected chi connectivity index (χ0v) is 17.4. The van der Waals surface area contributed by atoms with E-state index in [1.165, 1.54) is 30.3 Å². The van der Waals surface area contributed by atoms with Crippen molar-refractivity contribution in [3.8, 4) is 0 Å². The number of nitrogens with zero attached hydrogens (tertiary/aromatic N) is 2. The number of carbonyl (C=O) groups excluding carboxylic acids is 1. The smallest absolute Gasteiger partial charge is 0.271 e. The van der Waals surface area contributed by atoms with Gasteiger partial charge in [0.15, 0.2) is 0 Å².